The Morgan fingerprint density at radius 3 is 1.81 bits per heavy atom. The lowest BCUT2D eigenvalue weighted by molar-refractivity contribution is -0.147. The van der Waals surface area contributed by atoms with Gasteiger partial charge in [0, 0.05) is 0 Å². The van der Waals surface area contributed by atoms with Gasteiger partial charge < -0.3 is 31.9 Å². The first-order chi connectivity index (χ1) is 14.3. The topological polar surface area (TPSA) is 188 Å². The quantitative estimate of drug-likeness (QED) is 0.196. The third-order valence-corrected chi connectivity index (χ3v) is 5.15. The third-order valence-electron chi connectivity index (χ3n) is 4.50. The van der Waals surface area contributed by atoms with E-state index in [2.05, 4.69) is 16.0 Å². The van der Waals surface area contributed by atoms with Gasteiger partial charge >= 0.3 is 11.9 Å². The number of aliphatic carboxylic acids is 2. The fourth-order valence-electron chi connectivity index (χ4n) is 2.50. The summed E-state index contributed by atoms with van der Waals surface area (Å²) in [6.45, 7) is 6.83. The zero-order valence-electron chi connectivity index (χ0n) is 18.5. The number of carbonyl (C=O) groups is 5. The number of nitrogens with one attached hydrogen (secondary N) is 3. The Kier molecular flexibility index (Phi) is 12.8. The molecule has 0 saturated heterocycles. The third kappa shape index (κ3) is 10.5. The molecule has 11 nitrogen and oxygen atoms in total. The van der Waals surface area contributed by atoms with E-state index >= 15 is 0 Å². The molecule has 0 aromatic heterocycles. The second-order valence-corrected chi connectivity index (χ2v) is 8.83. The standard InChI is InChI=1S/C19H34N4O7S/c1-9(2)14(20)17(27)21-11(6-7-31-5)16(26)23-15(10(3)4)18(28)22-12(19(29)30)8-13(24)25/h9-12,14-15H,6-8,20H2,1-5H3,(H,21,27)(H,22,28)(H,23,26)(H,24,25)(H,29,30). The molecule has 3 amide bonds. The number of hydrogen-bond donors (Lipinski definition) is 6. The summed E-state index contributed by atoms with van der Waals surface area (Å²) in [6.07, 6.45) is 1.33. The Morgan fingerprint density at radius 1 is 0.839 bits per heavy atom. The minimum Gasteiger partial charge on any atom is -0.481 e. The van der Waals surface area contributed by atoms with E-state index in [0.29, 0.717) is 12.2 Å². The van der Waals surface area contributed by atoms with E-state index in [9.17, 15) is 24.0 Å². The number of nitrogens with two attached hydrogens (primary N) is 1. The highest BCUT2D eigenvalue weighted by Crippen LogP contribution is 2.08. The van der Waals surface area contributed by atoms with Gasteiger partial charge in [-0.1, -0.05) is 27.7 Å². The highest BCUT2D eigenvalue weighted by molar-refractivity contribution is 7.98. The fraction of sp³-hybridized carbons (Fsp3) is 0.737. The molecule has 0 aromatic rings. The second kappa shape index (κ2) is 13.9. The molecule has 0 fully saturated rings. The van der Waals surface area contributed by atoms with Crippen LogP contribution in [0.5, 0.6) is 0 Å². The normalized spacial score (nSPS) is 15.0. The fourth-order valence-corrected chi connectivity index (χ4v) is 2.97. The number of hydrogen-bond acceptors (Lipinski definition) is 7. The van der Waals surface area contributed by atoms with Crippen LogP contribution in [0.1, 0.15) is 40.5 Å². The largest absolute Gasteiger partial charge is 0.481 e. The first kappa shape index (κ1) is 28.7. The van der Waals surface area contributed by atoms with Crippen molar-refractivity contribution in [3.63, 3.8) is 0 Å². The molecular formula is C19H34N4O7S. The summed E-state index contributed by atoms with van der Waals surface area (Å²) in [5.41, 5.74) is 5.84. The van der Waals surface area contributed by atoms with Crippen LogP contribution < -0.4 is 21.7 Å². The molecule has 0 heterocycles. The lowest BCUT2D eigenvalue weighted by atomic mass is 10.0. The van der Waals surface area contributed by atoms with E-state index in [1.165, 1.54) is 11.8 Å². The van der Waals surface area contributed by atoms with Gasteiger partial charge in [-0.05, 0) is 30.3 Å². The van der Waals surface area contributed by atoms with E-state index in [4.69, 9.17) is 15.9 Å². The molecule has 0 aliphatic carbocycles. The maximum Gasteiger partial charge on any atom is 0.326 e. The summed E-state index contributed by atoms with van der Waals surface area (Å²) < 4.78 is 0. The molecule has 0 aliphatic heterocycles. The molecule has 178 valence electrons. The highest BCUT2D eigenvalue weighted by atomic mass is 32.2. The SMILES string of the molecule is CSCCC(NC(=O)C(N)C(C)C)C(=O)NC(C(=O)NC(CC(=O)O)C(=O)O)C(C)C. The van der Waals surface area contributed by atoms with Gasteiger partial charge in [0.1, 0.15) is 18.1 Å². The van der Waals surface area contributed by atoms with Gasteiger partial charge in [-0.2, -0.15) is 11.8 Å². The van der Waals surface area contributed by atoms with Crippen LogP contribution in [0.25, 0.3) is 0 Å². The van der Waals surface area contributed by atoms with Gasteiger partial charge in [-0.25, -0.2) is 4.79 Å². The molecule has 4 unspecified atom stereocenters. The Morgan fingerprint density at radius 2 is 1.39 bits per heavy atom. The van der Waals surface area contributed by atoms with Crippen molar-refractivity contribution in [2.75, 3.05) is 12.0 Å². The first-order valence-electron chi connectivity index (χ1n) is 9.91. The van der Waals surface area contributed by atoms with Crippen LogP contribution in [0.3, 0.4) is 0 Å². The molecule has 0 spiro atoms. The van der Waals surface area contributed by atoms with Crippen LogP contribution >= 0.6 is 11.8 Å². The smallest absolute Gasteiger partial charge is 0.326 e. The van der Waals surface area contributed by atoms with Crippen molar-refractivity contribution in [3.8, 4) is 0 Å². The van der Waals surface area contributed by atoms with Crippen LogP contribution in [0.15, 0.2) is 0 Å². The molecule has 7 N–H and O–H groups in total. The summed E-state index contributed by atoms with van der Waals surface area (Å²) in [7, 11) is 0. The molecule has 0 aromatic carbocycles. The van der Waals surface area contributed by atoms with E-state index in [0.717, 1.165) is 0 Å². The van der Waals surface area contributed by atoms with E-state index in [1.54, 1.807) is 27.7 Å². The molecule has 12 heteroatoms. The Labute approximate surface area is 186 Å². The lowest BCUT2D eigenvalue weighted by Gasteiger charge is -2.27. The monoisotopic (exact) mass is 462 g/mol. The maximum atomic E-state index is 12.8. The van der Waals surface area contributed by atoms with Crippen LogP contribution in [-0.4, -0.2) is 76.0 Å². The van der Waals surface area contributed by atoms with Crippen LogP contribution in [0.2, 0.25) is 0 Å². The number of carbonyl (C=O) groups excluding carboxylic acids is 3. The van der Waals surface area contributed by atoms with E-state index < -0.39 is 66.2 Å². The lowest BCUT2D eigenvalue weighted by Crippen LogP contribution is -2.59. The van der Waals surface area contributed by atoms with Gasteiger partial charge in [0.2, 0.25) is 17.7 Å². The zero-order valence-corrected chi connectivity index (χ0v) is 19.3. The summed E-state index contributed by atoms with van der Waals surface area (Å²) in [4.78, 5) is 59.8. The number of thioether (sulfide) groups is 1. The molecule has 0 bridgehead atoms. The molecule has 0 aliphatic rings. The molecule has 0 radical (unpaired) electrons. The number of carboxylic acid groups (broad SMARTS) is 2. The summed E-state index contributed by atoms with van der Waals surface area (Å²) in [5, 5.41) is 25.2. The second-order valence-electron chi connectivity index (χ2n) is 7.84. The Balaban J connectivity index is 5.40. The van der Waals surface area contributed by atoms with Crippen molar-refractivity contribution in [1.82, 2.24) is 16.0 Å². The van der Waals surface area contributed by atoms with Gasteiger partial charge in [0.25, 0.3) is 0 Å². The minimum absolute atomic E-state index is 0.138. The van der Waals surface area contributed by atoms with Crippen LogP contribution in [0, 0.1) is 11.8 Å². The minimum atomic E-state index is -1.64. The number of rotatable bonds is 14. The maximum absolute atomic E-state index is 12.8. The number of amides is 3. The van der Waals surface area contributed by atoms with Crippen LogP contribution in [0.4, 0.5) is 0 Å². The van der Waals surface area contributed by atoms with Crippen molar-refractivity contribution < 1.29 is 34.2 Å². The summed E-state index contributed by atoms with van der Waals surface area (Å²) >= 11 is 1.48. The molecule has 0 saturated carbocycles. The molecule has 31 heavy (non-hydrogen) atoms. The van der Waals surface area contributed by atoms with Crippen molar-refractivity contribution in [2.45, 2.75) is 64.7 Å². The zero-order chi connectivity index (χ0) is 24.3. The predicted octanol–water partition coefficient (Wildman–Crippen LogP) is -0.607. The molecule has 0 rings (SSSR count). The first-order valence-corrected chi connectivity index (χ1v) is 11.3. The average molecular weight is 463 g/mol. The van der Waals surface area contributed by atoms with E-state index in [-0.39, 0.29) is 5.92 Å². The van der Waals surface area contributed by atoms with Gasteiger partial charge in [-0.15, -0.1) is 0 Å². The Hall–Kier alpha value is -2.34. The molecule has 4 atom stereocenters. The predicted molar refractivity (Wildman–Crippen MR) is 116 cm³/mol. The Bertz CT molecular complexity index is 657. The van der Waals surface area contributed by atoms with E-state index in [1.807, 2.05) is 6.26 Å². The number of carboxylic acids is 2. The highest BCUT2D eigenvalue weighted by Gasteiger charge is 2.32. The van der Waals surface area contributed by atoms with Crippen molar-refractivity contribution >= 4 is 41.4 Å². The van der Waals surface area contributed by atoms with Gasteiger partial charge in [-0.3, -0.25) is 19.2 Å². The van der Waals surface area contributed by atoms with Gasteiger partial charge in [0.05, 0.1) is 12.5 Å². The summed E-state index contributed by atoms with van der Waals surface area (Å²) in [5.74, 6) is -4.83. The molecular weight excluding hydrogens is 428 g/mol. The average Bonchev–Trinajstić information content (AvgIpc) is 2.66. The summed E-state index contributed by atoms with van der Waals surface area (Å²) in [6, 6.07) is -4.51. The van der Waals surface area contributed by atoms with Crippen molar-refractivity contribution in [2.24, 2.45) is 17.6 Å². The van der Waals surface area contributed by atoms with Crippen LogP contribution in [-0.2, 0) is 24.0 Å². The van der Waals surface area contributed by atoms with Gasteiger partial charge in [0.15, 0.2) is 0 Å². The van der Waals surface area contributed by atoms with Crippen molar-refractivity contribution in [3.05, 3.63) is 0 Å². The van der Waals surface area contributed by atoms with Crippen molar-refractivity contribution in [1.29, 1.82) is 0 Å².